The van der Waals surface area contributed by atoms with E-state index in [0.717, 1.165) is 18.4 Å². The van der Waals surface area contributed by atoms with Crippen molar-refractivity contribution in [3.05, 3.63) is 0 Å². The number of rotatable bonds is 9. The van der Waals surface area contributed by atoms with Crippen LogP contribution in [0.25, 0.3) is 0 Å². The van der Waals surface area contributed by atoms with Gasteiger partial charge < -0.3 is 10.2 Å². The molecule has 1 saturated carbocycles. The van der Waals surface area contributed by atoms with Crippen LogP contribution in [0.3, 0.4) is 0 Å². The lowest BCUT2D eigenvalue weighted by atomic mass is 9.85. The summed E-state index contributed by atoms with van der Waals surface area (Å²) in [6, 6.07) is 0. The predicted octanol–water partition coefficient (Wildman–Crippen LogP) is 3.77. The van der Waals surface area contributed by atoms with E-state index in [4.69, 9.17) is 0 Å². The molecule has 0 spiro atoms. The van der Waals surface area contributed by atoms with Crippen molar-refractivity contribution in [1.29, 1.82) is 0 Å². The third-order valence-electron chi connectivity index (χ3n) is 4.35. The first-order valence-corrected chi connectivity index (χ1v) is 8.40. The highest BCUT2D eigenvalue weighted by molar-refractivity contribution is 4.89. The molecule has 0 aromatic heterocycles. The van der Waals surface area contributed by atoms with Crippen LogP contribution < -0.4 is 5.32 Å². The van der Waals surface area contributed by atoms with E-state index in [1.54, 1.807) is 0 Å². The molecule has 1 fully saturated rings. The van der Waals surface area contributed by atoms with Gasteiger partial charge in [-0.15, -0.1) is 0 Å². The van der Waals surface area contributed by atoms with Crippen molar-refractivity contribution in [2.24, 2.45) is 17.3 Å². The van der Waals surface area contributed by atoms with Gasteiger partial charge in [0.05, 0.1) is 0 Å². The standard InChI is InChI=1S/C17H36N2/c1-6-19(12-16(4)5)14-17(9-7-8-10-17)13-18-11-15(2)3/h15-16,18H,6-14H2,1-5H3. The lowest BCUT2D eigenvalue weighted by Gasteiger charge is -2.36. The average Bonchev–Trinajstić information content (AvgIpc) is 2.76. The molecule has 0 unspecified atom stereocenters. The number of nitrogens with one attached hydrogen (secondary N) is 1. The first-order valence-electron chi connectivity index (χ1n) is 8.40. The minimum absolute atomic E-state index is 0.555. The van der Waals surface area contributed by atoms with Gasteiger partial charge in [-0.25, -0.2) is 0 Å². The van der Waals surface area contributed by atoms with Gasteiger partial charge in [-0.2, -0.15) is 0 Å². The van der Waals surface area contributed by atoms with Gasteiger partial charge in [-0.3, -0.25) is 0 Å². The van der Waals surface area contributed by atoms with Crippen molar-refractivity contribution in [3.8, 4) is 0 Å². The van der Waals surface area contributed by atoms with Crippen LogP contribution in [0, 0.1) is 17.3 Å². The van der Waals surface area contributed by atoms with Gasteiger partial charge in [-0.05, 0) is 43.2 Å². The number of hydrogen-bond acceptors (Lipinski definition) is 2. The molecular formula is C17H36N2. The van der Waals surface area contributed by atoms with Crippen molar-refractivity contribution >= 4 is 0 Å². The van der Waals surface area contributed by atoms with Crippen LogP contribution in [0.5, 0.6) is 0 Å². The maximum absolute atomic E-state index is 3.72. The van der Waals surface area contributed by atoms with E-state index in [1.165, 1.54) is 51.9 Å². The summed E-state index contributed by atoms with van der Waals surface area (Å²) in [6.45, 7) is 17.7. The lowest BCUT2D eigenvalue weighted by molar-refractivity contribution is 0.141. The molecule has 0 aromatic carbocycles. The molecule has 0 heterocycles. The Morgan fingerprint density at radius 1 is 1.05 bits per heavy atom. The summed E-state index contributed by atoms with van der Waals surface area (Å²) >= 11 is 0. The molecule has 0 radical (unpaired) electrons. The van der Waals surface area contributed by atoms with Gasteiger partial charge in [0.15, 0.2) is 0 Å². The molecule has 0 amide bonds. The third-order valence-corrected chi connectivity index (χ3v) is 4.35. The zero-order chi connectivity index (χ0) is 14.3. The smallest absolute Gasteiger partial charge is 0.00501 e. The molecule has 1 aliphatic carbocycles. The van der Waals surface area contributed by atoms with Gasteiger partial charge >= 0.3 is 0 Å². The van der Waals surface area contributed by atoms with Crippen LogP contribution in [0.15, 0.2) is 0 Å². The van der Waals surface area contributed by atoms with Crippen LogP contribution >= 0.6 is 0 Å². The second-order valence-corrected chi connectivity index (χ2v) is 7.45. The summed E-state index contributed by atoms with van der Waals surface area (Å²) in [5.41, 5.74) is 0.555. The van der Waals surface area contributed by atoms with Gasteiger partial charge in [0.1, 0.15) is 0 Å². The summed E-state index contributed by atoms with van der Waals surface area (Å²) in [4.78, 5) is 2.67. The molecule has 1 rings (SSSR count). The van der Waals surface area contributed by atoms with Gasteiger partial charge in [-0.1, -0.05) is 47.5 Å². The third kappa shape index (κ3) is 6.27. The summed E-state index contributed by atoms with van der Waals surface area (Å²) < 4.78 is 0. The Kier molecular flexibility index (Phi) is 7.38. The highest BCUT2D eigenvalue weighted by Gasteiger charge is 2.34. The van der Waals surface area contributed by atoms with Crippen LogP contribution in [-0.2, 0) is 0 Å². The highest BCUT2D eigenvalue weighted by atomic mass is 15.1. The minimum atomic E-state index is 0.555. The van der Waals surface area contributed by atoms with E-state index in [2.05, 4.69) is 44.8 Å². The molecule has 114 valence electrons. The Bertz CT molecular complexity index is 229. The molecule has 19 heavy (non-hydrogen) atoms. The monoisotopic (exact) mass is 268 g/mol. The first kappa shape index (κ1) is 17.0. The second-order valence-electron chi connectivity index (χ2n) is 7.45. The molecule has 0 saturated heterocycles. The average molecular weight is 268 g/mol. The normalized spacial score (nSPS) is 18.9. The van der Waals surface area contributed by atoms with E-state index in [1.807, 2.05) is 0 Å². The Labute approximate surface area is 121 Å². The Balaban J connectivity index is 2.49. The van der Waals surface area contributed by atoms with Crippen LogP contribution in [0.1, 0.15) is 60.3 Å². The minimum Gasteiger partial charge on any atom is -0.316 e. The molecule has 1 N–H and O–H groups in total. The molecule has 0 aromatic rings. The highest BCUT2D eigenvalue weighted by Crippen LogP contribution is 2.38. The van der Waals surface area contributed by atoms with E-state index in [-0.39, 0.29) is 0 Å². The fourth-order valence-corrected chi connectivity index (χ4v) is 3.44. The molecule has 2 nitrogen and oxygen atoms in total. The van der Waals surface area contributed by atoms with Crippen LogP contribution in [0.4, 0.5) is 0 Å². The molecule has 0 bridgehead atoms. The fourth-order valence-electron chi connectivity index (χ4n) is 3.44. The SMILES string of the molecule is CCN(CC(C)C)CC1(CNCC(C)C)CCCC1. The van der Waals surface area contributed by atoms with Crippen LogP contribution in [0.2, 0.25) is 0 Å². The molecular weight excluding hydrogens is 232 g/mol. The Morgan fingerprint density at radius 3 is 2.16 bits per heavy atom. The van der Waals surface area contributed by atoms with Crippen LogP contribution in [-0.4, -0.2) is 37.6 Å². The summed E-state index contributed by atoms with van der Waals surface area (Å²) in [6.07, 6.45) is 5.71. The van der Waals surface area contributed by atoms with Crippen molar-refractivity contribution in [2.45, 2.75) is 60.3 Å². The zero-order valence-electron chi connectivity index (χ0n) is 14.0. The Hall–Kier alpha value is -0.0800. The number of hydrogen-bond donors (Lipinski definition) is 1. The van der Waals surface area contributed by atoms with E-state index in [0.29, 0.717) is 5.41 Å². The first-order chi connectivity index (χ1) is 8.97. The molecule has 1 aliphatic rings. The predicted molar refractivity (Wildman–Crippen MR) is 85.6 cm³/mol. The Morgan fingerprint density at radius 2 is 1.68 bits per heavy atom. The summed E-state index contributed by atoms with van der Waals surface area (Å²) in [5, 5.41) is 3.72. The van der Waals surface area contributed by atoms with Gasteiger partial charge in [0.25, 0.3) is 0 Å². The van der Waals surface area contributed by atoms with E-state index in [9.17, 15) is 0 Å². The summed E-state index contributed by atoms with van der Waals surface area (Å²) in [7, 11) is 0. The zero-order valence-corrected chi connectivity index (χ0v) is 14.0. The second kappa shape index (κ2) is 8.26. The quantitative estimate of drug-likeness (QED) is 0.685. The molecule has 0 aliphatic heterocycles. The lowest BCUT2D eigenvalue weighted by Crippen LogP contribution is -2.44. The largest absolute Gasteiger partial charge is 0.316 e. The number of nitrogens with zero attached hydrogens (tertiary/aromatic N) is 1. The van der Waals surface area contributed by atoms with Gasteiger partial charge in [0.2, 0.25) is 0 Å². The van der Waals surface area contributed by atoms with E-state index < -0.39 is 0 Å². The maximum Gasteiger partial charge on any atom is 0.00501 e. The molecule has 2 heteroatoms. The van der Waals surface area contributed by atoms with Gasteiger partial charge in [0, 0.05) is 19.6 Å². The van der Waals surface area contributed by atoms with Crippen molar-refractivity contribution in [1.82, 2.24) is 10.2 Å². The fraction of sp³-hybridized carbons (Fsp3) is 1.00. The van der Waals surface area contributed by atoms with Crippen molar-refractivity contribution in [2.75, 3.05) is 32.7 Å². The van der Waals surface area contributed by atoms with Crippen molar-refractivity contribution in [3.63, 3.8) is 0 Å². The van der Waals surface area contributed by atoms with Crippen molar-refractivity contribution < 1.29 is 0 Å². The van der Waals surface area contributed by atoms with E-state index >= 15 is 0 Å². The molecule has 0 atom stereocenters. The maximum atomic E-state index is 3.72. The summed E-state index contributed by atoms with van der Waals surface area (Å²) in [5.74, 6) is 1.54. The topological polar surface area (TPSA) is 15.3 Å².